The third-order valence-electron chi connectivity index (χ3n) is 2.10. The molecule has 0 aromatic heterocycles. The molecule has 0 aliphatic heterocycles. The van der Waals surface area contributed by atoms with Crippen LogP contribution in [0.4, 0.5) is 0 Å². The first-order chi connectivity index (χ1) is 7.80. The first-order valence-corrected chi connectivity index (χ1v) is 6.96. The molecule has 94 valence electrons. The number of amides is 1. The van der Waals surface area contributed by atoms with Crippen molar-refractivity contribution in [2.75, 3.05) is 12.8 Å². The number of nitrogens with one attached hydrogen (secondary N) is 1. The Bertz CT molecular complexity index is 491. The minimum absolute atomic E-state index is 0.159. The van der Waals surface area contributed by atoms with E-state index in [4.69, 9.17) is 5.11 Å². The van der Waals surface area contributed by atoms with E-state index in [9.17, 15) is 13.2 Å². The van der Waals surface area contributed by atoms with Gasteiger partial charge in [-0.1, -0.05) is 0 Å². The van der Waals surface area contributed by atoms with Gasteiger partial charge in [-0.05, 0) is 31.2 Å². The maximum Gasteiger partial charge on any atom is 0.251 e. The van der Waals surface area contributed by atoms with E-state index < -0.39 is 15.9 Å². The monoisotopic (exact) mass is 257 g/mol. The molecule has 0 aliphatic rings. The number of sulfone groups is 1. The van der Waals surface area contributed by atoms with Crippen molar-refractivity contribution >= 4 is 15.7 Å². The summed E-state index contributed by atoms with van der Waals surface area (Å²) in [5.41, 5.74) is 0.359. The van der Waals surface area contributed by atoms with Crippen molar-refractivity contribution < 1.29 is 18.3 Å². The smallest absolute Gasteiger partial charge is 0.251 e. The lowest BCUT2D eigenvalue weighted by Crippen LogP contribution is -2.30. The van der Waals surface area contributed by atoms with Crippen LogP contribution in [0.3, 0.4) is 0 Å². The van der Waals surface area contributed by atoms with Crippen molar-refractivity contribution in [1.29, 1.82) is 0 Å². The van der Waals surface area contributed by atoms with Crippen molar-refractivity contribution in [3.63, 3.8) is 0 Å². The Hall–Kier alpha value is -1.40. The fourth-order valence-electron chi connectivity index (χ4n) is 1.20. The lowest BCUT2D eigenvalue weighted by atomic mass is 10.2. The van der Waals surface area contributed by atoms with Gasteiger partial charge < -0.3 is 10.4 Å². The summed E-state index contributed by atoms with van der Waals surface area (Å²) in [6, 6.07) is 5.64. The van der Waals surface area contributed by atoms with E-state index >= 15 is 0 Å². The van der Waals surface area contributed by atoms with E-state index in [1.807, 2.05) is 0 Å². The van der Waals surface area contributed by atoms with Gasteiger partial charge in [0.1, 0.15) is 0 Å². The van der Waals surface area contributed by atoms with Crippen molar-refractivity contribution in [3.05, 3.63) is 29.8 Å². The molecule has 1 aromatic rings. The van der Waals surface area contributed by atoms with Crippen molar-refractivity contribution in [3.8, 4) is 0 Å². The van der Waals surface area contributed by atoms with Gasteiger partial charge in [0.15, 0.2) is 9.84 Å². The van der Waals surface area contributed by atoms with E-state index in [1.54, 1.807) is 6.92 Å². The predicted octanol–water partition coefficient (Wildman–Crippen LogP) is 0.201. The lowest BCUT2D eigenvalue weighted by Gasteiger charge is -2.07. The zero-order valence-corrected chi connectivity index (χ0v) is 10.5. The van der Waals surface area contributed by atoms with Crippen LogP contribution in [0.1, 0.15) is 17.3 Å². The van der Waals surface area contributed by atoms with E-state index in [0.717, 1.165) is 6.26 Å². The summed E-state index contributed by atoms with van der Waals surface area (Å²) < 4.78 is 22.4. The molecule has 0 heterocycles. The molecule has 0 saturated heterocycles. The molecule has 6 heteroatoms. The maximum absolute atomic E-state index is 11.5. The number of carbonyl (C=O) groups excluding carboxylic acids is 1. The third-order valence-corrected chi connectivity index (χ3v) is 3.23. The molecule has 2 N–H and O–H groups in total. The summed E-state index contributed by atoms with van der Waals surface area (Å²) in [6.07, 6.45) is 0.490. The van der Waals surface area contributed by atoms with Crippen LogP contribution in [-0.2, 0) is 9.84 Å². The highest BCUT2D eigenvalue weighted by molar-refractivity contribution is 7.90. The Kier molecular flexibility index (Phi) is 4.25. The second kappa shape index (κ2) is 5.29. The second-order valence-electron chi connectivity index (χ2n) is 3.86. The highest BCUT2D eigenvalue weighted by atomic mass is 32.2. The normalized spacial score (nSPS) is 13.1. The van der Waals surface area contributed by atoms with Gasteiger partial charge in [0, 0.05) is 18.4 Å². The first-order valence-electron chi connectivity index (χ1n) is 5.07. The topological polar surface area (TPSA) is 83.5 Å². The Morgan fingerprint density at radius 2 is 1.88 bits per heavy atom. The van der Waals surface area contributed by atoms with Crippen LogP contribution >= 0.6 is 0 Å². The molecular formula is C11H15NO4S. The minimum Gasteiger partial charge on any atom is -0.392 e. The van der Waals surface area contributed by atoms with Gasteiger partial charge in [-0.3, -0.25) is 4.79 Å². The van der Waals surface area contributed by atoms with Gasteiger partial charge in [0.05, 0.1) is 11.0 Å². The molecule has 5 nitrogen and oxygen atoms in total. The van der Waals surface area contributed by atoms with Gasteiger partial charge >= 0.3 is 0 Å². The summed E-state index contributed by atoms with van der Waals surface area (Å²) in [5.74, 6) is -0.342. The van der Waals surface area contributed by atoms with Crippen molar-refractivity contribution in [1.82, 2.24) is 5.32 Å². The fraction of sp³-hybridized carbons (Fsp3) is 0.364. The Balaban J connectivity index is 2.78. The third kappa shape index (κ3) is 4.16. The molecule has 1 amide bonds. The average molecular weight is 257 g/mol. The van der Waals surface area contributed by atoms with E-state index in [1.165, 1.54) is 24.3 Å². The van der Waals surface area contributed by atoms with Crippen LogP contribution < -0.4 is 5.32 Å². The number of hydrogen-bond acceptors (Lipinski definition) is 4. The predicted molar refractivity (Wildman–Crippen MR) is 63.6 cm³/mol. The second-order valence-corrected chi connectivity index (χ2v) is 5.87. The van der Waals surface area contributed by atoms with E-state index in [0.29, 0.717) is 5.56 Å². The number of rotatable bonds is 4. The molecule has 0 spiro atoms. The molecule has 1 rings (SSSR count). The molecule has 0 radical (unpaired) electrons. The molecular weight excluding hydrogens is 242 g/mol. The van der Waals surface area contributed by atoms with Gasteiger partial charge in [0.25, 0.3) is 5.91 Å². The lowest BCUT2D eigenvalue weighted by molar-refractivity contribution is 0.0924. The van der Waals surface area contributed by atoms with Crippen molar-refractivity contribution in [2.45, 2.75) is 17.9 Å². The quantitative estimate of drug-likeness (QED) is 0.807. The molecule has 0 aliphatic carbocycles. The number of carbonyl (C=O) groups is 1. The first kappa shape index (κ1) is 13.7. The molecule has 0 saturated carbocycles. The highest BCUT2D eigenvalue weighted by Gasteiger charge is 2.09. The molecule has 17 heavy (non-hydrogen) atoms. The average Bonchev–Trinajstić information content (AvgIpc) is 2.25. The summed E-state index contributed by atoms with van der Waals surface area (Å²) in [4.78, 5) is 11.7. The van der Waals surface area contributed by atoms with Crippen molar-refractivity contribution in [2.24, 2.45) is 0 Å². The molecule has 0 bridgehead atoms. The number of benzene rings is 1. The SMILES string of the molecule is CC(O)CNC(=O)c1ccc(S(C)(=O)=O)cc1. The number of hydrogen-bond donors (Lipinski definition) is 2. The zero-order chi connectivity index (χ0) is 13.1. The summed E-state index contributed by atoms with van der Waals surface area (Å²) in [7, 11) is -3.24. The Labute approximate surface area is 100 Å². The molecule has 1 unspecified atom stereocenters. The number of aliphatic hydroxyl groups excluding tert-OH is 1. The van der Waals surface area contributed by atoms with Gasteiger partial charge in [-0.2, -0.15) is 0 Å². The van der Waals surface area contributed by atoms with E-state index in [2.05, 4.69) is 5.32 Å². The summed E-state index contributed by atoms with van der Waals surface area (Å²) >= 11 is 0. The highest BCUT2D eigenvalue weighted by Crippen LogP contribution is 2.10. The van der Waals surface area contributed by atoms with Crippen LogP contribution in [0.25, 0.3) is 0 Å². The van der Waals surface area contributed by atoms with Crippen LogP contribution in [0.5, 0.6) is 0 Å². The van der Waals surface area contributed by atoms with Gasteiger partial charge in [-0.25, -0.2) is 8.42 Å². The summed E-state index contributed by atoms with van der Waals surface area (Å²) in [5, 5.41) is 11.5. The minimum atomic E-state index is -3.24. The largest absolute Gasteiger partial charge is 0.392 e. The zero-order valence-electron chi connectivity index (χ0n) is 9.67. The van der Waals surface area contributed by atoms with Crippen LogP contribution in [0.2, 0.25) is 0 Å². The molecule has 0 fully saturated rings. The number of aliphatic hydroxyl groups is 1. The van der Waals surface area contributed by atoms with Crippen LogP contribution in [0.15, 0.2) is 29.2 Å². The fourth-order valence-corrected chi connectivity index (χ4v) is 1.83. The molecule has 1 aromatic carbocycles. The standard InChI is InChI=1S/C11H15NO4S/c1-8(13)7-12-11(14)9-3-5-10(6-4-9)17(2,15)16/h3-6,8,13H,7H2,1-2H3,(H,12,14). The molecule has 1 atom stereocenters. The van der Waals surface area contributed by atoms with Gasteiger partial charge in [0.2, 0.25) is 0 Å². The Morgan fingerprint density at radius 1 is 1.35 bits per heavy atom. The summed E-state index contributed by atoms with van der Waals surface area (Å²) in [6.45, 7) is 1.72. The van der Waals surface area contributed by atoms with E-state index in [-0.39, 0.29) is 17.3 Å². The van der Waals surface area contributed by atoms with Gasteiger partial charge in [-0.15, -0.1) is 0 Å². The maximum atomic E-state index is 11.5. The van der Waals surface area contributed by atoms with Crippen LogP contribution in [-0.4, -0.2) is 38.3 Å². The van der Waals surface area contributed by atoms with Crippen LogP contribution in [0, 0.1) is 0 Å². The Morgan fingerprint density at radius 3 is 2.29 bits per heavy atom.